The highest BCUT2D eigenvalue weighted by Crippen LogP contribution is 2.32. The number of aliphatic hydroxyl groups excluding tert-OH is 1. The predicted molar refractivity (Wildman–Crippen MR) is 125 cm³/mol. The van der Waals surface area contributed by atoms with Crippen molar-refractivity contribution in [3.63, 3.8) is 0 Å². The van der Waals surface area contributed by atoms with Crippen LogP contribution in [0.1, 0.15) is 43.9 Å². The Hall–Kier alpha value is -2.78. The summed E-state index contributed by atoms with van der Waals surface area (Å²) in [6, 6.07) is 5.97. The van der Waals surface area contributed by atoms with E-state index in [4.69, 9.17) is 10.1 Å². The van der Waals surface area contributed by atoms with Gasteiger partial charge in [0.25, 0.3) is 0 Å². The van der Waals surface area contributed by atoms with Gasteiger partial charge in [-0.25, -0.2) is 14.4 Å². The van der Waals surface area contributed by atoms with Crippen LogP contribution in [0.25, 0.3) is 17.3 Å². The standard InChI is InChI=1S/C23H28FN3O4S/c1-14(2)21-19(10-9-18(29)11-15(13-28)12-20(30)31)22(16-5-7-17(24)8-6-16)26-23(25-21)27(3)32-4/h5-10,13-15,18,29H,11-12H2,1-4H3,(H,30,31)/b10-9+/t15?,18-/m1/s1. The summed E-state index contributed by atoms with van der Waals surface area (Å²) in [6.07, 6.45) is 4.26. The fourth-order valence-electron chi connectivity index (χ4n) is 3.14. The largest absolute Gasteiger partial charge is 0.481 e. The fraction of sp³-hybridized carbons (Fsp3) is 0.391. The quantitative estimate of drug-likeness (QED) is 0.380. The maximum absolute atomic E-state index is 13.5. The van der Waals surface area contributed by atoms with Gasteiger partial charge in [-0.15, -0.1) is 0 Å². The lowest BCUT2D eigenvalue weighted by molar-refractivity contribution is -0.139. The maximum atomic E-state index is 13.5. The van der Waals surface area contributed by atoms with Gasteiger partial charge in [0.1, 0.15) is 12.1 Å². The lowest BCUT2D eigenvalue weighted by Gasteiger charge is -2.20. The zero-order chi connectivity index (χ0) is 23.8. The summed E-state index contributed by atoms with van der Waals surface area (Å²) in [5, 5.41) is 19.3. The molecule has 0 saturated heterocycles. The SMILES string of the molecule is CSN(C)c1nc(-c2ccc(F)cc2)c(/C=C/[C@@H](O)CC(C=O)CC(=O)O)c(C(C)C)n1. The Labute approximate surface area is 191 Å². The molecule has 2 rings (SSSR count). The van der Waals surface area contributed by atoms with Crippen LogP contribution >= 0.6 is 11.9 Å². The Morgan fingerprint density at radius 2 is 1.91 bits per heavy atom. The van der Waals surface area contributed by atoms with Crippen LogP contribution in [-0.2, 0) is 9.59 Å². The Morgan fingerprint density at radius 3 is 2.44 bits per heavy atom. The van der Waals surface area contributed by atoms with Crippen molar-refractivity contribution in [2.24, 2.45) is 5.92 Å². The summed E-state index contributed by atoms with van der Waals surface area (Å²) < 4.78 is 15.3. The first-order valence-corrected chi connectivity index (χ1v) is 11.3. The molecule has 1 unspecified atom stereocenters. The summed E-state index contributed by atoms with van der Waals surface area (Å²) in [5.41, 5.74) is 2.69. The van der Waals surface area contributed by atoms with Crippen LogP contribution in [0.4, 0.5) is 10.3 Å². The molecule has 7 nitrogen and oxygen atoms in total. The van der Waals surface area contributed by atoms with Crippen LogP contribution < -0.4 is 4.31 Å². The summed E-state index contributed by atoms with van der Waals surface area (Å²) in [5.74, 6) is -1.72. The number of carbonyl (C=O) groups is 2. The number of nitrogens with zero attached hydrogens (tertiary/aromatic N) is 3. The predicted octanol–water partition coefficient (Wildman–Crippen LogP) is 4.17. The van der Waals surface area contributed by atoms with Gasteiger partial charge in [-0.1, -0.05) is 37.9 Å². The molecular weight excluding hydrogens is 433 g/mol. The first kappa shape index (κ1) is 25.5. The van der Waals surface area contributed by atoms with Crippen molar-refractivity contribution in [2.75, 3.05) is 17.6 Å². The Morgan fingerprint density at radius 1 is 1.25 bits per heavy atom. The highest BCUT2D eigenvalue weighted by atomic mass is 32.2. The Kier molecular flexibility index (Phi) is 9.34. The highest BCUT2D eigenvalue weighted by molar-refractivity contribution is 7.99. The third-order valence-corrected chi connectivity index (χ3v) is 5.55. The van der Waals surface area contributed by atoms with Gasteiger partial charge in [-0.2, -0.15) is 0 Å². The first-order valence-electron chi connectivity index (χ1n) is 10.1. The van der Waals surface area contributed by atoms with Crippen LogP contribution in [-0.4, -0.2) is 51.8 Å². The number of carbonyl (C=O) groups excluding carboxylic acids is 1. The Balaban J connectivity index is 2.53. The number of carboxylic acids is 1. The van der Waals surface area contributed by atoms with Crippen molar-refractivity contribution < 1.29 is 24.2 Å². The molecule has 0 aliphatic carbocycles. The van der Waals surface area contributed by atoms with Crippen LogP contribution in [0.5, 0.6) is 0 Å². The number of aromatic nitrogens is 2. The smallest absolute Gasteiger partial charge is 0.304 e. The van der Waals surface area contributed by atoms with E-state index < -0.39 is 18.0 Å². The van der Waals surface area contributed by atoms with E-state index in [0.29, 0.717) is 29.1 Å². The van der Waals surface area contributed by atoms with E-state index in [-0.39, 0.29) is 24.6 Å². The molecule has 0 saturated carbocycles. The molecule has 0 bridgehead atoms. The second-order valence-corrected chi connectivity index (χ2v) is 8.58. The molecule has 2 aromatic rings. The van der Waals surface area contributed by atoms with Crippen molar-refractivity contribution in [3.05, 3.63) is 47.4 Å². The second kappa shape index (κ2) is 11.7. The molecule has 1 heterocycles. The van der Waals surface area contributed by atoms with Crippen LogP contribution in [0.3, 0.4) is 0 Å². The topological polar surface area (TPSA) is 104 Å². The number of aliphatic hydroxyl groups is 1. The second-order valence-electron chi connectivity index (χ2n) is 7.67. The average molecular weight is 462 g/mol. The van der Waals surface area contributed by atoms with Crippen molar-refractivity contribution in [1.82, 2.24) is 9.97 Å². The van der Waals surface area contributed by atoms with Crippen molar-refractivity contribution in [2.45, 2.75) is 38.7 Å². The van der Waals surface area contributed by atoms with E-state index in [2.05, 4.69) is 4.98 Å². The van der Waals surface area contributed by atoms with Gasteiger partial charge in [0.05, 0.1) is 23.9 Å². The lowest BCUT2D eigenvalue weighted by Crippen LogP contribution is -2.16. The minimum atomic E-state index is -1.10. The monoisotopic (exact) mass is 461 g/mol. The fourth-order valence-corrected chi connectivity index (χ4v) is 3.38. The van der Waals surface area contributed by atoms with E-state index in [1.807, 2.05) is 31.5 Å². The molecule has 0 spiro atoms. The van der Waals surface area contributed by atoms with Gasteiger partial charge in [0.15, 0.2) is 0 Å². The molecule has 1 aromatic carbocycles. The van der Waals surface area contributed by atoms with Gasteiger partial charge in [-0.05, 0) is 36.6 Å². The number of aldehydes is 1. The Bertz CT molecular complexity index is 966. The van der Waals surface area contributed by atoms with Crippen LogP contribution in [0.2, 0.25) is 0 Å². The van der Waals surface area contributed by atoms with E-state index >= 15 is 0 Å². The zero-order valence-electron chi connectivity index (χ0n) is 18.5. The molecule has 1 aromatic heterocycles. The van der Waals surface area contributed by atoms with E-state index in [9.17, 15) is 19.1 Å². The van der Waals surface area contributed by atoms with Crippen molar-refractivity contribution in [3.8, 4) is 11.3 Å². The lowest BCUT2D eigenvalue weighted by atomic mass is 9.96. The molecular formula is C23H28FN3O4S. The minimum absolute atomic E-state index is 0.0106. The number of rotatable bonds is 11. The van der Waals surface area contributed by atoms with Crippen molar-refractivity contribution >= 4 is 36.2 Å². The van der Waals surface area contributed by atoms with E-state index in [0.717, 1.165) is 5.69 Å². The third kappa shape index (κ3) is 6.86. The van der Waals surface area contributed by atoms with Crippen molar-refractivity contribution in [1.29, 1.82) is 0 Å². The minimum Gasteiger partial charge on any atom is -0.481 e. The molecule has 0 amide bonds. The summed E-state index contributed by atoms with van der Waals surface area (Å²) >= 11 is 1.45. The molecule has 0 aliphatic heterocycles. The van der Waals surface area contributed by atoms with E-state index in [1.165, 1.54) is 30.2 Å². The molecule has 172 valence electrons. The molecule has 2 atom stereocenters. The molecule has 2 N–H and O–H groups in total. The highest BCUT2D eigenvalue weighted by Gasteiger charge is 2.20. The van der Waals surface area contributed by atoms with Gasteiger partial charge in [0, 0.05) is 30.3 Å². The molecule has 0 radical (unpaired) electrons. The number of anilines is 1. The van der Waals surface area contributed by atoms with Crippen LogP contribution in [0, 0.1) is 11.7 Å². The summed E-state index contributed by atoms with van der Waals surface area (Å²) in [6.45, 7) is 3.98. The summed E-state index contributed by atoms with van der Waals surface area (Å²) in [4.78, 5) is 31.4. The normalized spacial score (nSPS) is 13.3. The number of hydrogen-bond acceptors (Lipinski definition) is 7. The van der Waals surface area contributed by atoms with E-state index in [1.54, 1.807) is 18.2 Å². The van der Waals surface area contributed by atoms with Gasteiger partial charge in [-0.3, -0.25) is 9.10 Å². The number of halogens is 1. The third-order valence-electron chi connectivity index (χ3n) is 4.84. The van der Waals surface area contributed by atoms with Crippen LogP contribution in [0.15, 0.2) is 30.3 Å². The number of hydrogen-bond donors (Lipinski definition) is 2. The summed E-state index contributed by atoms with van der Waals surface area (Å²) in [7, 11) is 1.85. The average Bonchev–Trinajstić information content (AvgIpc) is 2.76. The first-order chi connectivity index (χ1) is 15.2. The molecule has 9 heteroatoms. The number of aliphatic carboxylic acids is 1. The molecule has 32 heavy (non-hydrogen) atoms. The van der Waals surface area contributed by atoms with Gasteiger partial charge >= 0.3 is 5.97 Å². The molecule has 0 aliphatic rings. The number of benzene rings is 1. The zero-order valence-corrected chi connectivity index (χ0v) is 19.3. The van der Waals surface area contributed by atoms with Gasteiger partial charge < -0.3 is 15.0 Å². The van der Waals surface area contributed by atoms with Gasteiger partial charge in [0.2, 0.25) is 5.95 Å². The molecule has 0 fully saturated rings. The maximum Gasteiger partial charge on any atom is 0.304 e. The number of carboxylic acid groups (broad SMARTS) is 1.